The Bertz CT molecular complexity index is 926. The smallest absolute Gasteiger partial charge is 0.261 e. The molecule has 0 aliphatic heterocycles. The summed E-state index contributed by atoms with van der Waals surface area (Å²) in [6.07, 6.45) is 0.483. The molecule has 0 aromatic heterocycles. The van der Waals surface area contributed by atoms with E-state index < -0.39 is 6.04 Å². The zero-order chi connectivity index (χ0) is 23.8. The summed E-state index contributed by atoms with van der Waals surface area (Å²) in [7, 11) is 0. The second-order valence-corrected chi connectivity index (χ2v) is 9.54. The molecule has 7 heteroatoms. The summed E-state index contributed by atoms with van der Waals surface area (Å²) in [4.78, 5) is 27.8. The number of nitrogens with one attached hydrogen (secondary N) is 1. The Labute approximate surface area is 204 Å². The average Bonchev–Trinajstić information content (AvgIpc) is 2.75. The van der Waals surface area contributed by atoms with E-state index in [-0.39, 0.29) is 25.0 Å². The van der Waals surface area contributed by atoms with Crippen LogP contribution in [-0.2, 0) is 16.1 Å². The van der Waals surface area contributed by atoms with Crippen molar-refractivity contribution in [3.63, 3.8) is 0 Å². The van der Waals surface area contributed by atoms with Crippen LogP contribution in [-0.4, -0.2) is 35.9 Å². The molecular weight excluding hydrogens is 492 g/mol. The van der Waals surface area contributed by atoms with Crippen molar-refractivity contribution in [2.75, 3.05) is 13.2 Å². The summed E-state index contributed by atoms with van der Waals surface area (Å²) in [6.45, 7) is 10.5. The quantitative estimate of drug-likeness (QED) is 0.436. The fourth-order valence-electron chi connectivity index (χ4n) is 3.37. The molecule has 0 aliphatic carbocycles. The Hall–Kier alpha value is -2.05. The Kier molecular flexibility index (Phi) is 10.0. The van der Waals surface area contributed by atoms with Crippen LogP contribution in [0.1, 0.15) is 43.9 Å². The minimum absolute atomic E-state index is 0.168. The second-order valence-electron chi connectivity index (χ2n) is 8.34. The van der Waals surface area contributed by atoms with Crippen LogP contribution in [0.2, 0.25) is 5.02 Å². The molecule has 0 saturated heterocycles. The zero-order valence-corrected chi connectivity index (χ0v) is 21.7. The third-order valence-electron chi connectivity index (χ3n) is 5.14. The van der Waals surface area contributed by atoms with E-state index in [1.807, 2.05) is 65.0 Å². The van der Waals surface area contributed by atoms with E-state index in [0.29, 0.717) is 29.7 Å². The summed E-state index contributed by atoms with van der Waals surface area (Å²) < 4.78 is 6.85. The lowest BCUT2D eigenvalue weighted by Gasteiger charge is -2.31. The number of carbonyl (C=O) groups is 2. The molecule has 2 aromatic carbocycles. The normalized spacial score (nSPS) is 11.9. The van der Waals surface area contributed by atoms with Gasteiger partial charge in [-0.05, 0) is 61.1 Å². The number of halogens is 2. The predicted molar refractivity (Wildman–Crippen MR) is 133 cm³/mol. The minimum atomic E-state index is -0.616. The number of aryl methyl sites for hydroxylation is 2. The first-order chi connectivity index (χ1) is 15.1. The van der Waals surface area contributed by atoms with Crippen molar-refractivity contribution < 1.29 is 14.3 Å². The standard InChI is InChI=1S/C25H32BrClN2O3/c1-6-22(25(31)28-13-16(2)3)29(14-19-9-7-8-10-21(19)27)23(30)15-32-20-11-17(4)24(26)18(5)12-20/h7-12,16,22H,6,13-15H2,1-5H3,(H,28,31). The third-order valence-corrected chi connectivity index (χ3v) is 6.76. The van der Waals surface area contributed by atoms with Crippen molar-refractivity contribution in [2.45, 2.75) is 53.6 Å². The van der Waals surface area contributed by atoms with Crippen LogP contribution in [0, 0.1) is 19.8 Å². The van der Waals surface area contributed by atoms with Gasteiger partial charge in [-0.25, -0.2) is 0 Å². The zero-order valence-electron chi connectivity index (χ0n) is 19.4. The molecule has 0 bridgehead atoms. The second kappa shape index (κ2) is 12.3. The lowest BCUT2D eigenvalue weighted by molar-refractivity contribution is -0.143. The molecule has 32 heavy (non-hydrogen) atoms. The van der Waals surface area contributed by atoms with Gasteiger partial charge in [0.1, 0.15) is 11.8 Å². The molecule has 174 valence electrons. The molecule has 0 saturated carbocycles. The molecule has 0 radical (unpaired) electrons. The highest BCUT2D eigenvalue weighted by Gasteiger charge is 2.29. The number of nitrogens with zero attached hydrogens (tertiary/aromatic N) is 1. The van der Waals surface area contributed by atoms with Crippen molar-refractivity contribution in [1.29, 1.82) is 0 Å². The van der Waals surface area contributed by atoms with E-state index >= 15 is 0 Å². The van der Waals surface area contributed by atoms with E-state index in [1.54, 1.807) is 11.0 Å². The van der Waals surface area contributed by atoms with Crippen molar-refractivity contribution in [2.24, 2.45) is 5.92 Å². The number of amides is 2. The molecule has 2 aromatic rings. The molecule has 0 heterocycles. The van der Waals surface area contributed by atoms with E-state index in [0.717, 1.165) is 21.2 Å². The number of hydrogen-bond donors (Lipinski definition) is 1. The molecule has 2 rings (SSSR count). The first-order valence-corrected chi connectivity index (χ1v) is 12.0. The highest BCUT2D eigenvalue weighted by molar-refractivity contribution is 9.10. The van der Waals surface area contributed by atoms with E-state index in [1.165, 1.54) is 0 Å². The topological polar surface area (TPSA) is 58.6 Å². The molecule has 5 nitrogen and oxygen atoms in total. The molecule has 1 N–H and O–H groups in total. The van der Waals surface area contributed by atoms with Crippen LogP contribution in [0.3, 0.4) is 0 Å². The van der Waals surface area contributed by atoms with E-state index in [2.05, 4.69) is 21.2 Å². The van der Waals surface area contributed by atoms with Gasteiger partial charge in [0, 0.05) is 22.6 Å². The van der Waals surface area contributed by atoms with Gasteiger partial charge >= 0.3 is 0 Å². The molecule has 1 atom stereocenters. The fraction of sp³-hybridized carbons (Fsp3) is 0.440. The molecular formula is C25H32BrClN2O3. The Morgan fingerprint density at radius 2 is 1.78 bits per heavy atom. The number of rotatable bonds is 10. The summed E-state index contributed by atoms with van der Waals surface area (Å²) in [5.74, 6) is 0.495. The largest absolute Gasteiger partial charge is 0.484 e. The fourth-order valence-corrected chi connectivity index (χ4v) is 3.79. The maximum atomic E-state index is 13.3. The first kappa shape index (κ1) is 26.2. The SMILES string of the molecule is CCC(C(=O)NCC(C)C)N(Cc1ccccc1Cl)C(=O)COc1cc(C)c(Br)c(C)c1. The average molecular weight is 524 g/mol. The van der Waals surface area contributed by atoms with Gasteiger partial charge in [0.05, 0.1) is 0 Å². The van der Waals surface area contributed by atoms with Gasteiger partial charge < -0.3 is 15.0 Å². The maximum Gasteiger partial charge on any atom is 0.261 e. The molecule has 2 amide bonds. The van der Waals surface area contributed by atoms with Crippen LogP contribution < -0.4 is 10.1 Å². The molecule has 0 aliphatic rings. The van der Waals surface area contributed by atoms with Crippen molar-refractivity contribution >= 4 is 39.3 Å². The molecule has 0 spiro atoms. The molecule has 0 fully saturated rings. The summed E-state index contributed by atoms with van der Waals surface area (Å²) in [5.41, 5.74) is 2.84. The van der Waals surface area contributed by atoms with Crippen LogP contribution >= 0.6 is 27.5 Å². The first-order valence-electron chi connectivity index (χ1n) is 10.8. The highest BCUT2D eigenvalue weighted by atomic mass is 79.9. The van der Waals surface area contributed by atoms with Gasteiger partial charge in [0.25, 0.3) is 5.91 Å². The van der Waals surface area contributed by atoms with Crippen molar-refractivity contribution in [3.8, 4) is 5.75 Å². The van der Waals surface area contributed by atoms with Crippen LogP contribution in [0.5, 0.6) is 5.75 Å². The van der Waals surface area contributed by atoms with E-state index in [4.69, 9.17) is 16.3 Å². The van der Waals surface area contributed by atoms with Crippen LogP contribution in [0.4, 0.5) is 0 Å². The third kappa shape index (κ3) is 7.24. The number of carbonyl (C=O) groups excluding carboxylic acids is 2. The van der Waals surface area contributed by atoms with Crippen LogP contribution in [0.25, 0.3) is 0 Å². The summed E-state index contributed by atoms with van der Waals surface area (Å²) in [6, 6.07) is 10.5. The number of ether oxygens (including phenoxy) is 1. The van der Waals surface area contributed by atoms with Crippen molar-refractivity contribution in [3.05, 3.63) is 62.6 Å². The van der Waals surface area contributed by atoms with Gasteiger partial charge in [-0.1, -0.05) is 66.5 Å². The lowest BCUT2D eigenvalue weighted by atomic mass is 10.1. The Balaban J connectivity index is 2.24. The number of benzene rings is 2. The van der Waals surface area contributed by atoms with Crippen LogP contribution in [0.15, 0.2) is 40.9 Å². The highest BCUT2D eigenvalue weighted by Crippen LogP contribution is 2.26. The summed E-state index contributed by atoms with van der Waals surface area (Å²) in [5, 5.41) is 3.51. The number of hydrogen-bond acceptors (Lipinski definition) is 3. The van der Waals surface area contributed by atoms with Gasteiger partial charge in [-0.2, -0.15) is 0 Å². The van der Waals surface area contributed by atoms with Gasteiger partial charge in [-0.3, -0.25) is 9.59 Å². The summed E-state index contributed by atoms with van der Waals surface area (Å²) >= 11 is 9.89. The Morgan fingerprint density at radius 1 is 1.16 bits per heavy atom. The van der Waals surface area contributed by atoms with E-state index in [9.17, 15) is 9.59 Å². The van der Waals surface area contributed by atoms with Gasteiger partial charge in [0.15, 0.2) is 6.61 Å². The lowest BCUT2D eigenvalue weighted by Crippen LogP contribution is -2.50. The monoisotopic (exact) mass is 522 g/mol. The molecule has 1 unspecified atom stereocenters. The van der Waals surface area contributed by atoms with Gasteiger partial charge in [-0.15, -0.1) is 0 Å². The van der Waals surface area contributed by atoms with Gasteiger partial charge in [0.2, 0.25) is 5.91 Å². The minimum Gasteiger partial charge on any atom is -0.484 e. The van der Waals surface area contributed by atoms with Crippen molar-refractivity contribution in [1.82, 2.24) is 10.2 Å². The Morgan fingerprint density at radius 3 is 2.34 bits per heavy atom. The predicted octanol–water partition coefficient (Wildman–Crippen LogP) is 5.68. The maximum absolute atomic E-state index is 13.3.